The molecule has 2 aliphatic heterocycles. The molecule has 2 saturated heterocycles. The molecule has 252 valence electrons. The molecule has 0 radical (unpaired) electrons. The van der Waals surface area contributed by atoms with Crippen LogP contribution in [0.5, 0.6) is 5.75 Å². The van der Waals surface area contributed by atoms with Crippen molar-refractivity contribution in [3.63, 3.8) is 0 Å². The van der Waals surface area contributed by atoms with Crippen LogP contribution in [-0.4, -0.2) is 87.6 Å². The number of ether oxygens (including phenoxy) is 1. The number of pyridine rings is 1. The highest BCUT2D eigenvalue weighted by atomic mass is 16.5. The number of piperazine rings is 1. The summed E-state index contributed by atoms with van der Waals surface area (Å²) in [4.78, 5) is 58.6. The van der Waals surface area contributed by atoms with Crippen LogP contribution in [0.2, 0.25) is 0 Å². The molecule has 0 aliphatic carbocycles. The molecule has 2 aromatic carbocycles. The summed E-state index contributed by atoms with van der Waals surface area (Å²) >= 11 is 0. The van der Waals surface area contributed by atoms with Crippen molar-refractivity contribution in [2.45, 2.75) is 33.2 Å². The van der Waals surface area contributed by atoms with Gasteiger partial charge in [-0.15, -0.1) is 0 Å². The standard InChI is InChI=1S/C37H44N6O5/c1-25-26(2)35(45)39(3)24-32(25)28-8-9-30(33(21-28)48-4)23-41-18-16-40(17-19-41)22-27-10-13-42(14-11-27)36(46)29-6-5-7-31(20-29)43-15-12-34(44)38-37(43)47/h5-9,12,15,20-21,24,27H,10-11,13-14,16-19,22-23H2,1-4H3,(H,38,44,47). The molecule has 2 aromatic heterocycles. The van der Waals surface area contributed by atoms with Crippen LogP contribution in [0.1, 0.15) is 39.9 Å². The number of benzene rings is 2. The molecule has 11 nitrogen and oxygen atoms in total. The molecule has 6 rings (SSSR count). The van der Waals surface area contributed by atoms with E-state index in [1.54, 1.807) is 43.0 Å². The minimum atomic E-state index is -0.535. The van der Waals surface area contributed by atoms with Crippen LogP contribution in [0.15, 0.2) is 75.3 Å². The first-order valence-corrected chi connectivity index (χ1v) is 16.6. The van der Waals surface area contributed by atoms with Crippen molar-refractivity contribution in [1.82, 2.24) is 28.8 Å². The smallest absolute Gasteiger partial charge is 0.332 e. The Morgan fingerprint density at radius 3 is 2.33 bits per heavy atom. The number of aromatic nitrogens is 3. The van der Waals surface area contributed by atoms with E-state index >= 15 is 0 Å². The fourth-order valence-corrected chi connectivity index (χ4v) is 6.96. The van der Waals surface area contributed by atoms with Crippen molar-refractivity contribution >= 4 is 5.91 Å². The number of amides is 1. The Hall–Kier alpha value is -4.74. The van der Waals surface area contributed by atoms with E-state index in [1.165, 1.54) is 16.8 Å². The zero-order chi connectivity index (χ0) is 33.9. The van der Waals surface area contributed by atoms with Gasteiger partial charge in [0.05, 0.1) is 12.8 Å². The number of hydrogen-bond donors (Lipinski definition) is 1. The van der Waals surface area contributed by atoms with Crippen LogP contribution in [0, 0.1) is 19.8 Å². The first kappa shape index (κ1) is 33.2. The summed E-state index contributed by atoms with van der Waals surface area (Å²) < 4.78 is 8.80. The lowest BCUT2D eigenvalue weighted by molar-refractivity contribution is 0.0628. The van der Waals surface area contributed by atoms with Crippen molar-refractivity contribution in [3.8, 4) is 22.6 Å². The summed E-state index contributed by atoms with van der Waals surface area (Å²) in [5.74, 6) is 1.37. The second kappa shape index (κ2) is 14.2. The molecular weight excluding hydrogens is 608 g/mol. The summed E-state index contributed by atoms with van der Waals surface area (Å²) in [6.45, 7) is 11.1. The number of carbonyl (C=O) groups is 1. The fraction of sp³-hybridized carbons (Fsp3) is 0.405. The van der Waals surface area contributed by atoms with E-state index < -0.39 is 11.2 Å². The number of nitrogens with one attached hydrogen (secondary N) is 1. The number of piperidine rings is 1. The van der Waals surface area contributed by atoms with Gasteiger partial charge in [0.2, 0.25) is 0 Å². The third-order valence-corrected chi connectivity index (χ3v) is 10.0. The number of nitrogens with zero attached hydrogens (tertiary/aromatic N) is 5. The molecule has 0 saturated carbocycles. The van der Waals surface area contributed by atoms with E-state index in [-0.39, 0.29) is 11.5 Å². The predicted molar refractivity (Wildman–Crippen MR) is 186 cm³/mol. The Balaban J connectivity index is 0.994. The zero-order valence-electron chi connectivity index (χ0n) is 28.2. The monoisotopic (exact) mass is 652 g/mol. The molecule has 48 heavy (non-hydrogen) atoms. The second-order valence-electron chi connectivity index (χ2n) is 13.1. The molecule has 2 aliphatic rings. The maximum absolute atomic E-state index is 13.3. The predicted octanol–water partition coefficient (Wildman–Crippen LogP) is 3.19. The number of methoxy groups -OCH3 is 1. The topological polar surface area (TPSA) is 113 Å². The van der Waals surface area contributed by atoms with Crippen LogP contribution in [0.4, 0.5) is 0 Å². The third-order valence-electron chi connectivity index (χ3n) is 10.0. The van der Waals surface area contributed by atoms with E-state index in [1.807, 2.05) is 24.9 Å². The molecule has 11 heteroatoms. The maximum atomic E-state index is 13.3. The maximum Gasteiger partial charge on any atom is 0.332 e. The number of H-pyrrole nitrogens is 1. The Labute approximate surface area is 280 Å². The minimum absolute atomic E-state index is 0.0305. The van der Waals surface area contributed by atoms with Gasteiger partial charge < -0.3 is 19.1 Å². The van der Waals surface area contributed by atoms with E-state index in [2.05, 4.69) is 33.0 Å². The van der Waals surface area contributed by atoms with Crippen molar-refractivity contribution < 1.29 is 9.53 Å². The summed E-state index contributed by atoms with van der Waals surface area (Å²) in [5.41, 5.74) is 5.11. The molecule has 1 amide bonds. The van der Waals surface area contributed by atoms with Gasteiger partial charge in [0.15, 0.2) is 0 Å². The molecule has 1 N–H and O–H groups in total. The Kier molecular flexibility index (Phi) is 9.79. The lowest BCUT2D eigenvalue weighted by Gasteiger charge is -2.39. The zero-order valence-corrected chi connectivity index (χ0v) is 28.2. The van der Waals surface area contributed by atoms with Gasteiger partial charge in [-0.05, 0) is 68.0 Å². The molecule has 4 heterocycles. The molecule has 2 fully saturated rings. The van der Waals surface area contributed by atoms with E-state index in [4.69, 9.17) is 4.74 Å². The van der Waals surface area contributed by atoms with Crippen molar-refractivity contribution in [3.05, 3.63) is 114 Å². The van der Waals surface area contributed by atoms with Crippen LogP contribution in [-0.2, 0) is 13.6 Å². The molecule has 0 unspecified atom stereocenters. The van der Waals surface area contributed by atoms with E-state index in [0.717, 1.165) is 85.7 Å². The lowest BCUT2D eigenvalue weighted by atomic mass is 9.95. The average molecular weight is 653 g/mol. The van der Waals surface area contributed by atoms with E-state index in [0.29, 0.717) is 30.3 Å². The summed E-state index contributed by atoms with van der Waals surface area (Å²) in [7, 11) is 3.51. The normalized spacial score (nSPS) is 16.3. The average Bonchev–Trinajstić information content (AvgIpc) is 3.10. The second-order valence-corrected chi connectivity index (χ2v) is 13.1. The van der Waals surface area contributed by atoms with Crippen molar-refractivity contribution in [2.24, 2.45) is 13.0 Å². The van der Waals surface area contributed by atoms with Gasteiger partial charge in [0.25, 0.3) is 17.0 Å². The molecule has 0 bridgehead atoms. The Bertz CT molecular complexity index is 1980. The molecular formula is C37H44N6O5. The number of likely N-dealkylation sites (tertiary alicyclic amines) is 1. The van der Waals surface area contributed by atoms with Gasteiger partial charge in [-0.25, -0.2) is 4.79 Å². The first-order valence-electron chi connectivity index (χ1n) is 16.6. The van der Waals surface area contributed by atoms with Gasteiger partial charge in [-0.2, -0.15) is 0 Å². The van der Waals surface area contributed by atoms with Crippen LogP contribution in [0.3, 0.4) is 0 Å². The number of carbonyl (C=O) groups excluding carboxylic acids is 1. The van der Waals surface area contributed by atoms with Gasteiger partial charge in [0.1, 0.15) is 5.75 Å². The SMILES string of the molecule is COc1cc(-c2cn(C)c(=O)c(C)c2C)ccc1CN1CCN(CC2CCN(C(=O)c3cccc(-n4ccc(=O)[nH]c4=O)c3)CC2)CC1. The number of aryl methyl sites for hydroxylation is 1. The molecule has 0 atom stereocenters. The summed E-state index contributed by atoms with van der Waals surface area (Å²) in [5, 5.41) is 0. The Morgan fingerprint density at radius 1 is 0.896 bits per heavy atom. The quantitative estimate of drug-likeness (QED) is 0.311. The van der Waals surface area contributed by atoms with Crippen molar-refractivity contribution in [1.29, 1.82) is 0 Å². The molecule has 0 spiro atoms. The highest BCUT2D eigenvalue weighted by Gasteiger charge is 2.27. The third kappa shape index (κ3) is 7.07. The fourth-order valence-electron chi connectivity index (χ4n) is 6.96. The lowest BCUT2D eigenvalue weighted by Crippen LogP contribution is -2.48. The largest absolute Gasteiger partial charge is 0.496 e. The van der Waals surface area contributed by atoms with E-state index in [9.17, 15) is 19.2 Å². The van der Waals surface area contributed by atoms with Crippen LogP contribution < -0.4 is 21.5 Å². The van der Waals surface area contributed by atoms with Crippen LogP contribution >= 0.6 is 0 Å². The van der Waals surface area contributed by atoms with Crippen LogP contribution in [0.25, 0.3) is 16.8 Å². The highest BCUT2D eigenvalue weighted by Crippen LogP contribution is 2.31. The Morgan fingerprint density at radius 2 is 1.62 bits per heavy atom. The summed E-state index contributed by atoms with van der Waals surface area (Å²) in [6, 6.07) is 14.6. The minimum Gasteiger partial charge on any atom is -0.496 e. The first-order chi connectivity index (χ1) is 23.1. The van der Waals surface area contributed by atoms with Gasteiger partial charge in [-0.3, -0.25) is 28.8 Å². The molecule has 4 aromatic rings. The number of aromatic amines is 1. The van der Waals surface area contributed by atoms with Gasteiger partial charge in [-0.1, -0.05) is 18.2 Å². The van der Waals surface area contributed by atoms with Crippen molar-refractivity contribution in [2.75, 3.05) is 52.9 Å². The van der Waals surface area contributed by atoms with Gasteiger partial charge >= 0.3 is 5.69 Å². The highest BCUT2D eigenvalue weighted by molar-refractivity contribution is 5.94. The number of rotatable bonds is 8. The summed E-state index contributed by atoms with van der Waals surface area (Å²) in [6.07, 6.45) is 5.25. The number of hydrogen-bond acceptors (Lipinski definition) is 7. The van der Waals surface area contributed by atoms with Gasteiger partial charge in [0, 0.05) is 100 Å².